The van der Waals surface area contributed by atoms with Crippen LogP contribution in [0.15, 0.2) is 16.5 Å². The van der Waals surface area contributed by atoms with Crippen LogP contribution >= 0.6 is 11.6 Å². The predicted molar refractivity (Wildman–Crippen MR) is 90.7 cm³/mol. The number of benzene rings is 1. The number of rotatable bonds is 3. The summed E-state index contributed by atoms with van der Waals surface area (Å²) in [5, 5.41) is 8.29. The monoisotopic (exact) mass is 379 g/mol. The van der Waals surface area contributed by atoms with Crippen molar-refractivity contribution in [1.29, 1.82) is 0 Å². The molecule has 2 aliphatic rings. The van der Waals surface area contributed by atoms with Crippen molar-refractivity contribution in [2.75, 3.05) is 26.9 Å². The number of methoxy groups -OCH3 is 1. The summed E-state index contributed by atoms with van der Waals surface area (Å²) in [5.74, 6) is 1.59. The Morgan fingerprint density at radius 1 is 1.31 bits per heavy atom. The highest BCUT2D eigenvalue weighted by Crippen LogP contribution is 2.40. The highest BCUT2D eigenvalue weighted by Gasteiger charge is 2.40. The number of likely N-dealkylation sites (tertiary alicyclic amines) is 1. The quantitative estimate of drug-likeness (QED) is 0.809. The Hall–Kier alpha value is -2.32. The molecule has 0 unspecified atom stereocenters. The first-order valence-corrected chi connectivity index (χ1v) is 8.67. The molecular weight excluding hydrogens is 362 g/mol. The molecule has 2 aliphatic heterocycles. The van der Waals surface area contributed by atoms with E-state index in [4.69, 9.17) is 30.2 Å². The van der Waals surface area contributed by atoms with Gasteiger partial charge in [-0.2, -0.15) is 0 Å². The maximum absolute atomic E-state index is 13.2. The van der Waals surface area contributed by atoms with Gasteiger partial charge in [0.05, 0.1) is 11.1 Å². The average molecular weight is 380 g/mol. The largest absolute Gasteiger partial charge is 0.486 e. The predicted octanol–water partition coefficient (Wildman–Crippen LogP) is 2.40. The van der Waals surface area contributed by atoms with Gasteiger partial charge in [-0.05, 0) is 12.1 Å². The van der Waals surface area contributed by atoms with Crippen molar-refractivity contribution in [2.24, 2.45) is 0 Å². The molecule has 0 radical (unpaired) electrons. The molecule has 138 valence electrons. The molecule has 1 aromatic carbocycles. The van der Waals surface area contributed by atoms with E-state index in [9.17, 15) is 4.79 Å². The van der Waals surface area contributed by atoms with Gasteiger partial charge in [-0.25, -0.2) is 0 Å². The minimum Gasteiger partial charge on any atom is -0.486 e. The zero-order valence-corrected chi connectivity index (χ0v) is 15.2. The number of halogens is 1. The smallest absolute Gasteiger partial charge is 0.254 e. The number of carbonyl (C=O) groups excluding carboxylic acids is 1. The molecule has 3 heterocycles. The third-order valence-electron chi connectivity index (χ3n) is 4.53. The summed E-state index contributed by atoms with van der Waals surface area (Å²) in [6.45, 7) is 2.99. The third-order valence-corrected chi connectivity index (χ3v) is 4.81. The van der Waals surface area contributed by atoms with Crippen LogP contribution in [0, 0.1) is 6.92 Å². The van der Waals surface area contributed by atoms with Crippen molar-refractivity contribution in [3.05, 3.63) is 34.5 Å². The van der Waals surface area contributed by atoms with Crippen LogP contribution in [0.3, 0.4) is 0 Å². The van der Waals surface area contributed by atoms with Crippen molar-refractivity contribution in [1.82, 2.24) is 15.1 Å². The summed E-state index contributed by atoms with van der Waals surface area (Å²) in [4.78, 5) is 14.8. The summed E-state index contributed by atoms with van der Waals surface area (Å²) in [6.07, 6.45) is 0.478. The number of hydrogen-bond acceptors (Lipinski definition) is 7. The molecule has 0 aliphatic carbocycles. The van der Waals surface area contributed by atoms with E-state index in [1.54, 1.807) is 31.1 Å². The Kier molecular flexibility index (Phi) is 4.46. The van der Waals surface area contributed by atoms with E-state index in [2.05, 4.69) is 10.2 Å². The molecule has 26 heavy (non-hydrogen) atoms. The Labute approximate surface area is 155 Å². The number of ether oxygens (including phenoxy) is 3. The second kappa shape index (κ2) is 6.77. The van der Waals surface area contributed by atoms with Gasteiger partial charge in [0, 0.05) is 32.6 Å². The maximum Gasteiger partial charge on any atom is 0.254 e. The third kappa shape index (κ3) is 2.99. The van der Waals surface area contributed by atoms with Crippen LogP contribution < -0.4 is 9.47 Å². The molecule has 0 saturated carbocycles. The Morgan fingerprint density at radius 3 is 2.85 bits per heavy atom. The average Bonchev–Trinajstić information content (AvgIpc) is 3.27. The Morgan fingerprint density at radius 2 is 2.12 bits per heavy atom. The van der Waals surface area contributed by atoms with Gasteiger partial charge in [-0.15, -0.1) is 10.2 Å². The maximum atomic E-state index is 13.2. The molecule has 0 spiro atoms. The van der Waals surface area contributed by atoms with E-state index in [-0.39, 0.29) is 18.1 Å². The van der Waals surface area contributed by atoms with Crippen LogP contribution in [-0.4, -0.2) is 54.0 Å². The highest BCUT2D eigenvalue weighted by molar-refractivity contribution is 6.32. The normalized spacial score (nSPS) is 21.9. The van der Waals surface area contributed by atoms with Crippen LogP contribution in [0.1, 0.15) is 34.6 Å². The van der Waals surface area contributed by atoms with E-state index in [1.165, 1.54) is 0 Å². The molecule has 1 saturated heterocycles. The first kappa shape index (κ1) is 17.1. The summed E-state index contributed by atoms with van der Waals surface area (Å²) in [5.41, 5.74) is 0.414. The number of aromatic nitrogens is 2. The number of amides is 1. The standard InChI is InChI=1S/C17H18ClN3O5/c1-9-19-20-16(26-9)13-7-11(23-2)8-21(13)17(22)10-5-12(18)15-14(6-10)24-3-4-25-15/h5-6,11,13H,3-4,7-8H2,1-2H3/t11-,13-/m1/s1. The van der Waals surface area contributed by atoms with Gasteiger partial charge >= 0.3 is 0 Å². The Balaban J connectivity index is 1.66. The number of fused-ring (bicyclic) bond motifs is 1. The van der Waals surface area contributed by atoms with E-state index in [1.807, 2.05) is 0 Å². The molecule has 1 aromatic heterocycles. The first-order valence-electron chi connectivity index (χ1n) is 8.29. The lowest BCUT2D eigenvalue weighted by molar-refractivity contribution is 0.0673. The number of nitrogens with zero attached hydrogens (tertiary/aromatic N) is 3. The lowest BCUT2D eigenvalue weighted by Crippen LogP contribution is -2.32. The van der Waals surface area contributed by atoms with Crippen molar-refractivity contribution >= 4 is 17.5 Å². The van der Waals surface area contributed by atoms with Gasteiger partial charge in [0.1, 0.15) is 19.3 Å². The molecule has 1 fully saturated rings. The van der Waals surface area contributed by atoms with Crippen LogP contribution in [-0.2, 0) is 4.74 Å². The van der Waals surface area contributed by atoms with Crippen LogP contribution in [0.2, 0.25) is 5.02 Å². The summed E-state index contributed by atoms with van der Waals surface area (Å²) in [7, 11) is 1.62. The zero-order valence-electron chi connectivity index (χ0n) is 14.4. The molecule has 0 bridgehead atoms. The fourth-order valence-corrected chi connectivity index (χ4v) is 3.54. The molecule has 0 N–H and O–H groups in total. The van der Waals surface area contributed by atoms with Crippen LogP contribution in [0.4, 0.5) is 0 Å². The molecule has 2 aromatic rings. The number of carbonyl (C=O) groups is 1. The van der Waals surface area contributed by atoms with Gasteiger partial charge in [0.25, 0.3) is 5.91 Å². The summed E-state index contributed by atoms with van der Waals surface area (Å²) >= 11 is 6.27. The number of hydrogen-bond donors (Lipinski definition) is 0. The molecular formula is C17H18ClN3O5. The van der Waals surface area contributed by atoms with E-state index in [0.29, 0.717) is 60.0 Å². The highest BCUT2D eigenvalue weighted by atomic mass is 35.5. The zero-order chi connectivity index (χ0) is 18.3. The van der Waals surface area contributed by atoms with Crippen LogP contribution in [0.5, 0.6) is 11.5 Å². The van der Waals surface area contributed by atoms with Crippen molar-refractivity contribution in [3.63, 3.8) is 0 Å². The minimum absolute atomic E-state index is 0.108. The fourth-order valence-electron chi connectivity index (χ4n) is 3.27. The van der Waals surface area contributed by atoms with Crippen molar-refractivity contribution < 1.29 is 23.4 Å². The molecule has 2 atom stereocenters. The van der Waals surface area contributed by atoms with Gasteiger partial charge in [-0.1, -0.05) is 11.6 Å². The lowest BCUT2D eigenvalue weighted by atomic mass is 10.1. The van der Waals surface area contributed by atoms with Crippen molar-refractivity contribution in [2.45, 2.75) is 25.5 Å². The van der Waals surface area contributed by atoms with Crippen molar-refractivity contribution in [3.8, 4) is 11.5 Å². The van der Waals surface area contributed by atoms with E-state index >= 15 is 0 Å². The molecule has 4 rings (SSSR count). The molecule has 9 heteroatoms. The SMILES string of the molecule is CO[C@@H]1C[C@H](c2nnc(C)o2)N(C(=O)c2cc(Cl)c3c(c2)OCCO3)C1. The topological polar surface area (TPSA) is 86.9 Å². The minimum atomic E-state index is -0.347. The van der Waals surface area contributed by atoms with Gasteiger partial charge in [0.2, 0.25) is 11.8 Å². The second-order valence-corrected chi connectivity index (χ2v) is 6.62. The fraction of sp³-hybridized carbons (Fsp3) is 0.471. The van der Waals surface area contributed by atoms with Gasteiger partial charge in [0.15, 0.2) is 11.5 Å². The Bertz CT molecular complexity index is 840. The van der Waals surface area contributed by atoms with Gasteiger partial charge in [-0.3, -0.25) is 4.79 Å². The van der Waals surface area contributed by atoms with E-state index < -0.39 is 0 Å². The number of aryl methyl sites for hydroxylation is 1. The molecule has 1 amide bonds. The molecule has 8 nitrogen and oxygen atoms in total. The first-order chi connectivity index (χ1) is 12.6. The van der Waals surface area contributed by atoms with Gasteiger partial charge < -0.3 is 23.5 Å². The summed E-state index contributed by atoms with van der Waals surface area (Å²) in [6, 6.07) is 2.90. The summed E-state index contributed by atoms with van der Waals surface area (Å²) < 4.78 is 22.1. The lowest BCUT2D eigenvalue weighted by Gasteiger charge is -2.24. The van der Waals surface area contributed by atoms with Crippen LogP contribution in [0.25, 0.3) is 0 Å². The second-order valence-electron chi connectivity index (χ2n) is 6.21. The van der Waals surface area contributed by atoms with E-state index in [0.717, 1.165) is 0 Å².